The van der Waals surface area contributed by atoms with E-state index in [1.807, 2.05) is 19.9 Å². The van der Waals surface area contributed by atoms with Crippen LogP contribution in [0, 0.1) is 5.41 Å². The van der Waals surface area contributed by atoms with Crippen LogP contribution >= 0.6 is 0 Å². The van der Waals surface area contributed by atoms with Crippen molar-refractivity contribution in [3.05, 3.63) is 12.3 Å². The molecule has 70 valence electrons. The van der Waals surface area contributed by atoms with Gasteiger partial charge in [-0.15, -0.1) is 0 Å². The van der Waals surface area contributed by atoms with Gasteiger partial charge in [0.1, 0.15) is 0 Å². The third-order valence-electron chi connectivity index (χ3n) is 2.31. The van der Waals surface area contributed by atoms with Crippen LogP contribution in [-0.4, -0.2) is 20.2 Å². The molecule has 0 fully saturated rings. The smallest absolute Gasteiger partial charge is 0.331 e. The van der Waals surface area contributed by atoms with Crippen LogP contribution in [0.2, 0.25) is 0 Å². The Bertz CT molecular complexity index is 180. The molecule has 0 aromatic rings. The highest BCUT2D eigenvalue weighted by molar-refractivity contribution is 4.94. The lowest BCUT2D eigenvalue weighted by Crippen LogP contribution is -2.50. The van der Waals surface area contributed by atoms with Crippen LogP contribution in [0.5, 0.6) is 0 Å². The second-order valence-electron chi connectivity index (χ2n) is 3.54. The minimum absolute atomic E-state index is 0.161. The molecule has 0 aromatic carbocycles. The zero-order valence-corrected chi connectivity index (χ0v) is 8.09. The van der Waals surface area contributed by atoms with Crippen molar-refractivity contribution in [1.29, 1.82) is 0 Å². The molecular formula is C9H16O3. The van der Waals surface area contributed by atoms with Crippen LogP contribution in [0.25, 0.3) is 0 Å². The van der Waals surface area contributed by atoms with E-state index in [9.17, 15) is 0 Å². The summed E-state index contributed by atoms with van der Waals surface area (Å²) in [6.07, 6.45) is 4.48. The van der Waals surface area contributed by atoms with E-state index in [0.29, 0.717) is 0 Å². The zero-order valence-electron chi connectivity index (χ0n) is 8.09. The van der Waals surface area contributed by atoms with Gasteiger partial charge in [-0.05, 0) is 12.5 Å². The van der Waals surface area contributed by atoms with Crippen molar-refractivity contribution in [2.75, 3.05) is 14.2 Å². The van der Waals surface area contributed by atoms with Crippen LogP contribution in [-0.2, 0) is 14.2 Å². The second-order valence-corrected chi connectivity index (χ2v) is 3.54. The van der Waals surface area contributed by atoms with E-state index in [1.54, 1.807) is 20.5 Å². The van der Waals surface area contributed by atoms with Crippen LogP contribution in [0.1, 0.15) is 20.3 Å². The summed E-state index contributed by atoms with van der Waals surface area (Å²) in [5.74, 6) is -0.929. The number of hydrogen-bond acceptors (Lipinski definition) is 3. The topological polar surface area (TPSA) is 27.7 Å². The Labute approximate surface area is 73.3 Å². The lowest BCUT2D eigenvalue weighted by Gasteiger charge is -2.43. The number of methoxy groups -OCH3 is 2. The van der Waals surface area contributed by atoms with Gasteiger partial charge in [-0.3, -0.25) is 0 Å². The molecule has 1 rings (SSSR count). The van der Waals surface area contributed by atoms with Crippen molar-refractivity contribution in [2.45, 2.75) is 26.2 Å². The van der Waals surface area contributed by atoms with E-state index in [4.69, 9.17) is 14.2 Å². The molecule has 0 aromatic heterocycles. The molecule has 1 aliphatic rings. The fraction of sp³-hybridized carbons (Fsp3) is 0.778. The Kier molecular flexibility index (Phi) is 2.44. The standard InChI is InChI=1S/C9H16O3/c1-8(2)6-5-7-12-9(8,10-3)11-4/h5,7H,6H2,1-4H3. The van der Waals surface area contributed by atoms with Gasteiger partial charge in [-0.25, -0.2) is 0 Å². The largest absolute Gasteiger partial charge is 0.447 e. The lowest BCUT2D eigenvalue weighted by molar-refractivity contribution is -0.395. The average Bonchev–Trinajstić information content (AvgIpc) is 2.05. The minimum Gasteiger partial charge on any atom is -0.447 e. The van der Waals surface area contributed by atoms with Crippen molar-refractivity contribution in [3.8, 4) is 0 Å². The molecule has 0 radical (unpaired) electrons. The summed E-state index contributed by atoms with van der Waals surface area (Å²) in [7, 11) is 3.18. The first kappa shape index (κ1) is 9.55. The molecule has 0 bridgehead atoms. The van der Waals surface area contributed by atoms with Crippen molar-refractivity contribution in [3.63, 3.8) is 0 Å². The fourth-order valence-corrected chi connectivity index (χ4v) is 1.50. The maximum Gasteiger partial charge on any atom is 0.331 e. The molecule has 3 heteroatoms. The molecule has 0 saturated carbocycles. The Morgan fingerprint density at radius 3 is 2.17 bits per heavy atom. The van der Waals surface area contributed by atoms with Crippen LogP contribution in [0.3, 0.4) is 0 Å². The van der Waals surface area contributed by atoms with Crippen LogP contribution < -0.4 is 0 Å². The molecule has 3 nitrogen and oxygen atoms in total. The molecule has 1 heterocycles. The summed E-state index contributed by atoms with van der Waals surface area (Å²) in [4.78, 5) is 0. The van der Waals surface area contributed by atoms with Crippen molar-refractivity contribution in [1.82, 2.24) is 0 Å². The summed E-state index contributed by atoms with van der Waals surface area (Å²) in [5.41, 5.74) is -0.161. The maximum atomic E-state index is 5.35. The molecular weight excluding hydrogens is 156 g/mol. The Morgan fingerprint density at radius 2 is 1.83 bits per heavy atom. The number of rotatable bonds is 2. The highest BCUT2D eigenvalue weighted by Crippen LogP contribution is 2.41. The molecule has 1 aliphatic heterocycles. The van der Waals surface area contributed by atoms with E-state index < -0.39 is 5.97 Å². The van der Waals surface area contributed by atoms with Gasteiger partial charge in [0, 0.05) is 14.2 Å². The summed E-state index contributed by atoms with van der Waals surface area (Å²) in [6, 6.07) is 0. The zero-order chi connectivity index (χ0) is 9.24. The Morgan fingerprint density at radius 1 is 1.25 bits per heavy atom. The second kappa shape index (κ2) is 3.07. The summed E-state index contributed by atoms with van der Waals surface area (Å²) < 4.78 is 15.8. The lowest BCUT2D eigenvalue weighted by atomic mass is 9.85. The SMILES string of the molecule is COC1(OC)OC=CCC1(C)C. The first-order valence-corrected chi connectivity index (χ1v) is 4.01. The van der Waals surface area contributed by atoms with Crippen molar-refractivity contribution < 1.29 is 14.2 Å². The molecule has 0 unspecified atom stereocenters. The van der Waals surface area contributed by atoms with Gasteiger partial charge in [0.05, 0.1) is 11.7 Å². The number of ether oxygens (including phenoxy) is 3. The van der Waals surface area contributed by atoms with E-state index in [1.165, 1.54) is 0 Å². The summed E-state index contributed by atoms with van der Waals surface area (Å²) in [6.45, 7) is 4.09. The van der Waals surface area contributed by atoms with E-state index >= 15 is 0 Å². The predicted molar refractivity (Wildman–Crippen MR) is 45.4 cm³/mol. The van der Waals surface area contributed by atoms with E-state index in [-0.39, 0.29) is 5.41 Å². The quantitative estimate of drug-likeness (QED) is 0.595. The molecule has 0 N–H and O–H groups in total. The van der Waals surface area contributed by atoms with Crippen molar-refractivity contribution >= 4 is 0 Å². The van der Waals surface area contributed by atoms with Gasteiger partial charge < -0.3 is 14.2 Å². The monoisotopic (exact) mass is 172 g/mol. The Hall–Kier alpha value is -0.540. The first-order valence-electron chi connectivity index (χ1n) is 4.01. The highest BCUT2D eigenvalue weighted by Gasteiger charge is 2.49. The van der Waals surface area contributed by atoms with Gasteiger partial charge in [-0.2, -0.15) is 0 Å². The van der Waals surface area contributed by atoms with Crippen LogP contribution in [0.4, 0.5) is 0 Å². The van der Waals surface area contributed by atoms with Gasteiger partial charge in [0.2, 0.25) is 0 Å². The average molecular weight is 172 g/mol. The maximum absolute atomic E-state index is 5.35. The third-order valence-corrected chi connectivity index (χ3v) is 2.31. The third kappa shape index (κ3) is 1.23. The first-order chi connectivity index (χ1) is 5.58. The van der Waals surface area contributed by atoms with E-state index in [2.05, 4.69) is 0 Å². The molecule has 0 amide bonds. The molecule has 0 saturated heterocycles. The van der Waals surface area contributed by atoms with Gasteiger partial charge in [0.25, 0.3) is 0 Å². The fourth-order valence-electron chi connectivity index (χ4n) is 1.50. The normalized spacial score (nSPS) is 25.0. The summed E-state index contributed by atoms with van der Waals surface area (Å²) >= 11 is 0. The Balaban J connectivity index is 2.91. The molecule has 0 aliphatic carbocycles. The van der Waals surface area contributed by atoms with E-state index in [0.717, 1.165) is 6.42 Å². The molecule has 0 spiro atoms. The molecule has 0 atom stereocenters. The summed E-state index contributed by atoms with van der Waals surface area (Å²) in [5, 5.41) is 0. The molecule has 12 heavy (non-hydrogen) atoms. The van der Waals surface area contributed by atoms with Gasteiger partial charge in [0.15, 0.2) is 0 Å². The number of hydrogen-bond donors (Lipinski definition) is 0. The van der Waals surface area contributed by atoms with Crippen molar-refractivity contribution in [2.24, 2.45) is 5.41 Å². The van der Waals surface area contributed by atoms with Crippen LogP contribution in [0.15, 0.2) is 12.3 Å². The van der Waals surface area contributed by atoms with Gasteiger partial charge >= 0.3 is 5.97 Å². The van der Waals surface area contributed by atoms with Gasteiger partial charge in [-0.1, -0.05) is 13.8 Å². The minimum atomic E-state index is -0.929. The predicted octanol–water partition coefficient (Wildman–Crippen LogP) is 1.89. The number of allylic oxidation sites excluding steroid dienone is 1. The highest BCUT2D eigenvalue weighted by atomic mass is 16.9.